The lowest BCUT2D eigenvalue weighted by Crippen LogP contribution is -1.90. The summed E-state index contributed by atoms with van der Waals surface area (Å²) in [6.45, 7) is 0. The Bertz CT molecular complexity index is 426. The molecule has 2 aromatic rings. The molecule has 0 fully saturated rings. The van der Waals surface area contributed by atoms with Gasteiger partial charge in [-0.05, 0) is 23.3 Å². The van der Waals surface area contributed by atoms with Crippen molar-refractivity contribution in [2.45, 2.75) is 6.42 Å². The maximum atomic E-state index is 2.24. The van der Waals surface area contributed by atoms with Crippen molar-refractivity contribution in [3.63, 3.8) is 0 Å². The van der Waals surface area contributed by atoms with Crippen molar-refractivity contribution in [1.29, 1.82) is 0 Å². The first-order valence-electron chi connectivity index (χ1n) is 4.10. The first-order chi connectivity index (χ1) is 5.93. The quantitative estimate of drug-likeness (QED) is 0.488. The van der Waals surface area contributed by atoms with E-state index in [4.69, 9.17) is 0 Å². The first kappa shape index (κ1) is 6.44. The fourth-order valence-electron chi connectivity index (χ4n) is 1.72. The van der Waals surface area contributed by atoms with Crippen molar-refractivity contribution in [3.8, 4) is 10.4 Å². The van der Waals surface area contributed by atoms with Gasteiger partial charge in [-0.3, -0.25) is 0 Å². The lowest BCUT2D eigenvalue weighted by molar-refractivity contribution is 1.25. The van der Waals surface area contributed by atoms with Gasteiger partial charge in [0.25, 0.3) is 0 Å². The number of rotatable bonds is 0. The Morgan fingerprint density at radius 1 is 1.00 bits per heavy atom. The highest BCUT2D eigenvalue weighted by molar-refractivity contribution is 7.15. The van der Waals surface area contributed by atoms with Crippen LogP contribution in [0.1, 0.15) is 10.4 Å². The number of hydrogen-bond donors (Lipinski definition) is 0. The summed E-state index contributed by atoms with van der Waals surface area (Å²) in [5.74, 6) is 0. The maximum Gasteiger partial charge on any atom is 0.0348 e. The third-order valence-electron chi connectivity index (χ3n) is 2.31. The fourth-order valence-corrected chi connectivity index (χ4v) is 2.81. The molecule has 0 aliphatic carbocycles. The molecule has 0 N–H and O–H groups in total. The van der Waals surface area contributed by atoms with E-state index in [-0.39, 0.29) is 0 Å². The monoisotopic (exact) mass is 172 g/mol. The maximum absolute atomic E-state index is 2.24. The molecule has 2 bridgehead atoms. The Hall–Kier alpha value is -1.08. The molecule has 0 saturated carbocycles. The Morgan fingerprint density at radius 2 is 1.92 bits per heavy atom. The average molecular weight is 172 g/mol. The van der Waals surface area contributed by atoms with Crippen LogP contribution in [-0.2, 0) is 6.42 Å². The first-order valence-corrected chi connectivity index (χ1v) is 4.92. The number of hydrogen-bond acceptors (Lipinski definition) is 1. The highest BCUT2D eigenvalue weighted by Gasteiger charge is 2.13. The van der Waals surface area contributed by atoms with Crippen molar-refractivity contribution in [1.82, 2.24) is 0 Å². The van der Waals surface area contributed by atoms with Gasteiger partial charge in [-0.15, -0.1) is 11.3 Å². The minimum Gasteiger partial charge on any atom is -0.140 e. The summed E-state index contributed by atoms with van der Waals surface area (Å²) >= 11 is 1.92. The molecular weight excluding hydrogens is 164 g/mol. The molecule has 58 valence electrons. The van der Waals surface area contributed by atoms with Gasteiger partial charge in [-0.25, -0.2) is 0 Å². The van der Waals surface area contributed by atoms with E-state index in [1.807, 2.05) is 11.3 Å². The Balaban J connectivity index is 2.36. The molecule has 0 saturated heterocycles. The second-order valence-corrected chi connectivity index (χ2v) is 4.27. The third-order valence-corrected chi connectivity index (χ3v) is 3.43. The summed E-state index contributed by atoms with van der Waals surface area (Å²) in [5.41, 5.74) is 2.91. The van der Waals surface area contributed by atoms with Crippen LogP contribution in [0, 0.1) is 0 Å². The number of benzene rings is 1. The zero-order valence-electron chi connectivity index (χ0n) is 6.58. The van der Waals surface area contributed by atoms with Crippen LogP contribution in [0.4, 0.5) is 0 Å². The van der Waals surface area contributed by atoms with Crippen molar-refractivity contribution < 1.29 is 0 Å². The molecule has 0 nitrogen and oxygen atoms in total. The van der Waals surface area contributed by atoms with E-state index in [0.29, 0.717) is 0 Å². The van der Waals surface area contributed by atoms with Crippen LogP contribution in [-0.4, -0.2) is 0 Å². The van der Waals surface area contributed by atoms with Crippen LogP contribution < -0.4 is 0 Å². The molecule has 0 atom stereocenters. The molecule has 0 spiro atoms. The van der Waals surface area contributed by atoms with Crippen LogP contribution in [0.3, 0.4) is 0 Å². The van der Waals surface area contributed by atoms with Gasteiger partial charge in [0, 0.05) is 16.2 Å². The van der Waals surface area contributed by atoms with E-state index in [1.165, 1.54) is 20.9 Å². The predicted molar refractivity (Wildman–Crippen MR) is 52.6 cm³/mol. The van der Waals surface area contributed by atoms with Crippen LogP contribution in [0.2, 0.25) is 0 Å². The minimum atomic E-state index is 1.13. The Labute approximate surface area is 75.5 Å². The topological polar surface area (TPSA) is 0 Å². The fraction of sp³-hybridized carbons (Fsp3) is 0.0909. The molecule has 0 unspecified atom stereocenters. The lowest BCUT2D eigenvalue weighted by atomic mass is 10.0. The molecule has 1 aromatic heterocycles. The van der Waals surface area contributed by atoms with E-state index in [1.54, 1.807) is 0 Å². The summed E-state index contributed by atoms with van der Waals surface area (Å²) in [6.07, 6.45) is 1.13. The van der Waals surface area contributed by atoms with E-state index >= 15 is 0 Å². The summed E-state index contributed by atoms with van der Waals surface area (Å²) in [5, 5.41) is 0. The van der Waals surface area contributed by atoms with Gasteiger partial charge in [-0.2, -0.15) is 0 Å². The molecule has 1 aliphatic rings. The molecular formula is C11H8S. The standard InChI is InChI=1S/C11H8S/c1-2-4-10-8(3-1)7-9-5-6-11(10)12-9/h1-6H,7H2. The summed E-state index contributed by atoms with van der Waals surface area (Å²) in [4.78, 5) is 2.91. The SMILES string of the molecule is c1ccc2c(c1)Cc1ccc-2s1. The van der Waals surface area contributed by atoms with Gasteiger partial charge in [0.2, 0.25) is 0 Å². The normalized spacial score (nSPS) is 12.7. The minimum absolute atomic E-state index is 1.13. The molecule has 3 rings (SSSR count). The largest absolute Gasteiger partial charge is 0.140 e. The molecule has 12 heavy (non-hydrogen) atoms. The van der Waals surface area contributed by atoms with Crippen molar-refractivity contribution >= 4 is 11.3 Å². The van der Waals surface area contributed by atoms with Gasteiger partial charge in [0.05, 0.1) is 0 Å². The molecule has 1 heteroatoms. The molecule has 1 aliphatic heterocycles. The van der Waals surface area contributed by atoms with Gasteiger partial charge < -0.3 is 0 Å². The van der Waals surface area contributed by atoms with Crippen LogP contribution >= 0.6 is 11.3 Å². The van der Waals surface area contributed by atoms with Gasteiger partial charge in [-0.1, -0.05) is 24.3 Å². The molecule has 2 heterocycles. The smallest absolute Gasteiger partial charge is 0.0348 e. The van der Waals surface area contributed by atoms with E-state index in [2.05, 4.69) is 36.4 Å². The zero-order valence-corrected chi connectivity index (χ0v) is 7.40. The molecule has 0 radical (unpaired) electrons. The predicted octanol–water partition coefficient (Wildman–Crippen LogP) is 3.32. The summed E-state index contributed by atoms with van der Waals surface area (Å²) in [6, 6.07) is 13.1. The third kappa shape index (κ3) is 0.772. The van der Waals surface area contributed by atoms with Gasteiger partial charge in [0.15, 0.2) is 0 Å². The van der Waals surface area contributed by atoms with Crippen molar-refractivity contribution in [2.75, 3.05) is 0 Å². The summed E-state index contributed by atoms with van der Waals surface area (Å²) in [7, 11) is 0. The van der Waals surface area contributed by atoms with Gasteiger partial charge >= 0.3 is 0 Å². The number of thiophene rings is 1. The van der Waals surface area contributed by atoms with E-state index in [9.17, 15) is 0 Å². The second-order valence-electron chi connectivity index (χ2n) is 3.10. The van der Waals surface area contributed by atoms with Crippen molar-refractivity contribution in [2.24, 2.45) is 0 Å². The Morgan fingerprint density at radius 3 is 2.92 bits per heavy atom. The Kier molecular flexibility index (Phi) is 1.18. The zero-order chi connectivity index (χ0) is 7.97. The number of fused-ring (bicyclic) bond motifs is 4. The lowest BCUT2D eigenvalue weighted by Gasteiger charge is -2.09. The average Bonchev–Trinajstić information content (AvgIpc) is 2.49. The molecule has 1 aromatic carbocycles. The molecule has 0 amide bonds. The van der Waals surface area contributed by atoms with E-state index in [0.717, 1.165) is 6.42 Å². The highest BCUT2D eigenvalue weighted by Crippen LogP contribution is 2.37. The van der Waals surface area contributed by atoms with Crippen LogP contribution in [0.5, 0.6) is 0 Å². The summed E-state index contributed by atoms with van der Waals surface area (Å²) < 4.78 is 0. The van der Waals surface area contributed by atoms with Gasteiger partial charge in [0.1, 0.15) is 0 Å². The van der Waals surface area contributed by atoms with Crippen LogP contribution in [0.25, 0.3) is 10.4 Å². The second kappa shape index (κ2) is 2.20. The van der Waals surface area contributed by atoms with Crippen molar-refractivity contribution in [3.05, 3.63) is 46.8 Å². The highest BCUT2D eigenvalue weighted by atomic mass is 32.1. The van der Waals surface area contributed by atoms with Crippen LogP contribution in [0.15, 0.2) is 36.4 Å². The van der Waals surface area contributed by atoms with E-state index < -0.39 is 0 Å².